The number of hydrogen-bond donors (Lipinski definition) is 1. The Kier molecular flexibility index (Phi) is 8.13. The van der Waals surface area contributed by atoms with Gasteiger partial charge < -0.3 is 10.1 Å². The topological polar surface area (TPSA) is 90.3 Å². The Morgan fingerprint density at radius 3 is 2.44 bits per heavy atom. The number of carbonyl (C=O) groups is 2. The number of anilines is 1. The number of benzene rings is 3. The van der Waals surface area contributed by atoms with Crippen LogP contribution >= 0.6 is 11.6 Å². The summed E-state index contributed by atoms with van der Waals surface area (Å²) in [7, 11) is 0. The van der Waals surface area contributed by atoms with E-state index in [2.05, 4.69) is 5.32 Å². The summed E-state index contributed by atoms with van der Waals surface area (Å²) in [4.78, 5) is 42.3. The highest BCUT2D eigenvalue weighted by Crippen LogP contribution is 2.19. The van der Waals surface area contributed by atoms with Crippen molar-refractivity contribution in [3.8, 4) is 0 Å². The minimum Gasteiger partial charge on any atom is -0.466 e. The Bertz CT molecular complexity index is 1430. The molecule has 0 unspecified atom stereocenters. The molecule has 1 heterocycles. The van der Waals surface area contributed by atoms with Gasteiger partial charge in [-0.1, -0.05) is 54.1 Å². The smallest absolute Gasteiger partial charge is 0.306 e. The van der Waals surface area contributed by atoms with Crippen LogP contribution in [0.1, 0.15) is 36.7 Å². The van der Waals surface area contributed by atoms with Gasteiger partial charge in [-0.25, -0.2) is 4.98 Å². The molecule has 4 aromatic rings. The maximum Gasteiger partial charge on any atom is 0.306 e. The third-order valence-electron chi connectivity index (χ3n) is 5.64. The summed E-state index contributed by atoms with van der Waals surface area (Å²) in [6.07, 6.45) is 0.476. The number of halogens is 1. The molecule has 1 aromatic heterocycles. The monoisotopic (exact) mass is 503 g/mol. The van der Waals surface area contributed by atoms with Crippen molar-refractivity contribution in [3.63, 3.8) is 0 Å². The van der Waals surface area contributed by atoms with Crippen LogP contribution in [0.15, 0.2) is 77.6 Å². The summed E-state index contributed by atoms with van der Waals surface area (Å²) in [6.45, 7) is 2.32. The molecule has 0 aliphatic carbocycles. The van der Waals surface area contributed by atoms with Crippen LogP contribution in [0.5, 0.6) is 0 Å². The van der Waals surface area contributed by atoms with Crippen molar-refractivity contribution in [2.45, 2.75) is 32.7 Å². The lowest BCUT2D eigenvalue weighted by Gasteiger charge is -2.15. The van der Waals surface area contributed by atoms with Crippen molar-refractivity contribution < 1.29 is 14.3 Å². The van der Waals surface area contributed by atoms with Gasteiger partial charge in [0.25, 0.3) is 5.56 Å². The molecule has 8 heteroatoms. The SMILES string of the molecule is CCOC(=O)CCC(=O)Nc1ccc2nc(Cc3ccccc3)n(Cc3ccc(Cl)cc3)c(=O)c2c1. The van der Waals surface area contributed by atoms with Crippen molar-refractivity contribution in [3.05, 3.63) is 105 Å². The molecule has 7 nitrogen and oxygen atoms in total. The van der Waals surface area contributed by atoms with Gasteiger partial charge in [0.05, 0.1) is 30.5 Å². The van der Waals surface area contributed by atoms with Crippen molar-refractivity contribution in [2.24, 2.45) is 0 Å². The maximum atomic E-state index is 13.7. The number of nitrogens with one attached hydrogen (secondary N) is 1. The minimum absolute atomic E-state index is 0.00800. The van der Waals surface area contributed by atoms with Crippen molar-refractivity contribution in [1.82, 2.24) is 9.55 Å². The van der Waals surface area contributed by atoms with Crippen LogP contribution in [0, 0.1) is 0 Å². The highest BCUT2D eigenvalue weighted by molar-refractivity contribution is 6.30. The average molecular weight is 504 g/mol. The second kappa shape index (κ2) is 11.6. The van der Waals surface area contributed by atoms with Gasteiger partial charge in [-0.05, 0) is 48.4 Å². The van der Waals surface area contributed by atoms with Gasteiger partial charge >= 0.3 is 5.97 Å². The number of rotatable bonds is 9. The van der Waals surface area contributed by atoms with Crippen LogP contribution in [0.2, 0.25) is 5.02 Å². The molecule has 0 radical (unpaired) electrons. The first-order valence-electron chi connectivity index (χ1n) is 11.7. The third-order valence-corrected chi connectivity index (χ3v) is 5.89. The van der Waals surface area contributed by atoms with Crippen molar-refractivity contribution in [2.75, 3.05) is 11.9 Å². The number of fused-ring (bicyclic) bond motifs is 1. The van der Waals surface area contributed by atoms with Crippen molar-refractivity contribution in [1.29, 1.82) is 0 Å². The Morgan fingerprint density at radius 1 is 0.972 bits per heavy atom. The molecule has 4 rings (SSSR count). The van der Waals surface area contributed by atoms with Gasteiger partial charge in [-0.3, -0.25) is 19.0 Å². The minimum atomic E-state index is -0.425. The molecule has 1 amide bonds. The van der Waals surface area contributed by atoms with Gasteiger partial charge in [0.1, 0.15) is 5.82 Å². The van der Waals surface area contributed by atoms with Crippen LogP contribution < -0.4 is 10.9 Å². The largest absolute Gasteiger partial charge is 0.466 e. The highest BCUT2D eigenvalue weighted by Gasteiger charge is 2.14. The van der Waals surface area contributed by atoms with E-state index in [9.17, 15) is 14.4 Å². The Morgan fingerprint density at radius 2 is 1.72 bits per heavy atom. The zero-order valence-corrected chi connectivity index (χ0v) is 20.6. The number of ether oxygens (including phenoxy) is 1. The Labute approximate surface area is 213 Å². The molecule has 36 heavy (non-hydrogen) atoms. The number of aromatic nitrogens is 2. The predicted octanol–water partition coefficient (Wildman–Crippen LogP) is 4.97. The van der Waals surface area contributed by atoms with Gasteiger partial charge in [0, 0.05) is 23.6 Å². The molecular weight excluding hydrogens is 478 g/mol. The molecule has 0 aliphatic heterocycles. The summed E-state index contributed by atoms with van der Waals surface area (Å²) in [5.74, 6) is -0.121. The zero-order valence-electron chi connectivity index (χ0n) is 19.9. The zero-order chi connectivity index (χ0) is 25.5. The summed E-state index contributed by atoms with van der Waals surface area (Å²) in [5, 5.41) is 3.76. The molecule has 0 aliphatic rings. The average Bonchev–Trinajstić information content (AvgIpc) is 2.87. The maximum absolute atomic E-state index is 13.7. The molecule has 0 fully saturated rings. The lowest BCUT2D eigenvalue weighted by molar-refractivity contribution is -0.144. The van der Waals surface area contributed by atoms with Gasteiger partial charge in [-0.2, -0.15) is 0 Å². The van der Waals surface area contributed by atoms with E-state index in [0.717, 1.165) is 11.1 Å². The Balaban J connectivity index is 1.66. The molecule has 184 valence electrons. The molecule has 0 saturated heterocycles. The summed E-state index contributed by atoms with van der Waals surface area (Å²) >= 11 is 6.04. The van der Waals surface area contributed by atoms with E-state index in [1.165, 1.54) is 0 Å². The molecule has 0 atom stereocenters. The van der Waals surface area contributed by atoms with E-state index < -0.39 is 5.97 Å². The second-order valence-corrected chi connectivity index (χ2v) is 8.73. The predicted molar refractivity (Wildman–Crippen MR) is 140 cm³/mol. The first-order chi connectivity index (χ1) is 17.4. The normalized spacial score (nSPS) is 10.8. The van der Waals surface area contributed by atoms with Crippen LogP contribution in [0.3, 0.4) is 0 Å². The Hall–Kier alpha value is -3.97. The van der Waals surface area contributed by atoms with E-state index in [1.807, 2.05) is 42.5 Å². The fourth-order valence-electron chi connectivity index (χ4n) is 3.87. The van der Waals surface area contributed by atoms with E-state index in [1.54, 1.807) is 41.8 Å². The van der Waals surface area contributed by atoms with Gasteiger partial charge in [-0.15, -0.1) is 0 Å². The van der Waals surface area contributed by atoms with E-state index in [-0.39, 0.29) is 30.9 Å². The van der Waals surface area contributed by atoms with Crippen molar-refractivity contribution >= 4 is 40.1 Å². The van der Waals surface area contributed by atoms with E-state index in [0.29, 0.717) is 40.4 Å². The first kappa shape index (κ1) is 25.1. The van der Waals surface area contributed by atoms with Crippen LogP contribution in [0.25, 0.3) is 10.9 Å². The molecule has 3 aromatic carbocycles. The number of hydrogen-bond acceptors (Lipinski definition) is 5. The first-order valence-corrected chi connectivity index (χ1v) is 12.1. The van der Waals surface area contributed by atoms with Crippen LogP contribution in [-0.2, 0) is 27.3 Å². The van der Waals surface area contributed by atoms with E-state index in [4.69, 9.17) is 21.3 Å². The molecule has 0 bridgehead atoms. The fourth-order valence-corrected chi connectivity index (χ4v) is 3.99. The summed E-state index contributed by atoms with van der Waals surface area (Å²) < 4.78 is 6.52. The molecule has 0 spiro atoms. The lowest BCUT2D eigenvalue weighted by Crippen LogP contribution is -2.26. The van der Waals surface area contributed by atoms with Crippen LogP contribution in [-0.4, -0.2) is 28.0 Å². The molecule has 0 saturated carbocycles. The van der Waals surface area contributed by atoms with E-state index >= 15 is 0 Å². The number of carbonyl (C=O) groups excluding carboxylic acids is 2. The summed E-state index contributed by atoms with van der Waals surface area (Å²) in [5.41, 5.74) is 2.76. The second-order valence-electron chi connectivity index (χ2n) is 8.29. The summed E-state index contributed by atoms with van der Waals surface area (Å²) in [6, 6.07) is 22.2. The highest BCUT2D eigenvalue weighted by atomic mass is 35.5. The molecule has 1 N–H and O–H groups in total. The standard InChI is InChI=1S/C28H26ClN3O4/c1-2-36-27(34)15-14-26(33)30-22-12-13-24-23(17-22)28(35)32(18-20-8-10-21(29)11-9-20)25(31-24)16-19-6-4-3-5-7-19/h3-13,17H,2,14-16,18H2,1H3,(H,30,33). The number of nitrogens with zero attached hydrogens (tertiary/aromatic N) is 2. The lowest BCUT2D eigenvalue weighted by atomic mass is 10.1. The number of amides is 1. The van der Waals surface area contributed by atoms with Gasteiger partial charge in [0.15, 0.2) is 0 Å². The fraction of sp³-hybridized carbons (Fsp3) is 0.214. The quantitative estimate of drug-likeness (QED) is 0.326. The van der Waals surface area contributed by atoms with Gasteiger partial charge in [0.2, 0.25) is 5.91 Å². The third kappa shape index (κ3) is 6.37. The number of esters is 1. The molecular formula is C28H26ClN3O4. The van der Waals surface area contributed by atoms with Crippen LogP contribution in [0.4, 0.5) is 5.69 Å².